The normalized spacial score (nSPS) is 15.1. The summed E-state index contributed by atoms with van der Waals surface area (Å²) in [5, 5.41) is 4.59. The molecule has 0 atom stereocenters. The van der Waals surface area contributed by atoms with Gasteiger partial charge in [-0.3, -0.25) is 4.79 Å². The average molecular weight is 360 g/mol. The molecular weight excluding hydrogens is 336 g/mol. The van der Waals surface area contributed by atoms with E-state index in [0.29, 0.717) is 18.2 Å². The third kappa shape index (κ3) is 3.92. The van der Waals surface area contributed by atoms with Crippen LogP contribution in [0.3, 0.4) is 0 Å². The van der Waals surface area contributed by atoms with Crippen LogP contribution in [-0.2, 0) is 6.42 Å². The molecule has 0 N–H and O–H groups in total. The number of piperidine rings is 1. The summed E-state index contributed by atoms with van der Waals surface area (Å²) in [7, 11) is 0. The minimum Gasteiger partial charge on any atom is -0.336 e. The van der Waals surface area contributed by atoms with Crippen molar-refractivity contribution in [2.75, 3.05) is 13.1 Å². The molecule has 2 aromatic carbocycles. The maximum atomic E-state index is 12.9. The first-order valence-electron chi connectivity index (χ1n) is 9.55. The molecule has 4 rings (SSSR count). The fourth-order valence-corrected chi connectivity index (χ4v) is 3.46. The van der Waals surface area contributed by atoms with Crippen molar-refractivity contribution in [1.29, 1.82) is 0 Å². The molecule has 3 aromatic rings. The molecule has 1 fully saturated rings. The van der Waals surface area contributed by atoms with E-state index in [-0.39, 0.29) is 5.91 Å². The van der Waals surface area contributed by atoms with Gasteiger partial charge < -0.3 is 4.90 Å². The summed E-state index contributed by atoms with van der Waals surface area (Å²) >= 11 is 0. The highest BCUT2D eigenvalue weighted by Gasteiger charge is 2.25. The fraction of sp³-hybridized carbons (Fsp3) is 0.318. The zero-order valence-corrected chi connectivity index (χ0v) is 15.6. The van der Waals surface area contributed by atoms with E-state index >= 15 is 0 Å². The predicted molar refractivity (Wildman–Crippen MR) is 105 cm³/mol. The predicted octanol–water partition coefficient (Wildman–Crippen LogP) is 3.73. The Hall–Kier alpha value is -2.95. The second-order valence-corrected chi connectivity index (χ2v) is 7.24. The summed E-state index contributed by atoms with van der Waals surface area (Å²) in [5.41, 5.74) is 2.06. The van der Waals surface area contributed by atoms with E-state index in [1.807, 2.05) is 53.4 Å². The second kappa shape index (κ2) is 7.74. The number of aromatic nitrogens is 3. The molecule has 1 aromatic heterocycles. The summed E-state index contributed by atoms with van der Waals surface area (Å²) in [4.78, 5) is 19.5. The van der Waals surface area contributed by atoms with Gasteiger partial charge in [-0.15, -0.1) is 5.10 Å². The van der Waals surface area contributed by atoms with E-state index in [2.05, 4.69) is 29.1 Å². The highest BCUT2D eigenvalue weighted by atomic mass is 16.2. The standard InChI is InChI=1S/C22H24N4O/c1-17-12-14-25(15-13-17)22(27)21-23-20(16-18-8-4-2-5-9-18)26(24-21)19-10-6-3-7-11-19/h2-11,17H,12-16H2,1H3. The quantitative estimate of drug-likeness (QED) is 0.712. The second-order valence-electron chi connectivity index (χ2n) is 7.24. The Kier molecular flexibility index (Phi) is 5.01. The van der Waals surface area contributed by atoms with Crippen LogP contribution in [0.5, 0.6) is 0 Å². The maximum absolute atomic E-state index is 12.9. The van der Waals surface area contributed by atoms with Gasteiger partial charge in [0.2, 0.25) is 5.82 Å². The number of likely N-dealkylation sites (tertiary alicyclic amines) is 1. The van der Waals surface area contributed by atoms with Gasteiger partial charge in [-0.25, -0.2) is 9.67 Å². The number of carbonyl (C=O) groups excluding carboxylic acids is 1. The first-order chi connectivity index (χ1) is 13.2. The van der Waals surface area contributed by atoms with E-state index in [4.69, 9.17) is 0 Å². The smallest absolute Gasteiger partial charge is 0.293 e. The highest BCUT2D eigenvalue weighted by molar-refractivity contribution is 5.90. The van der Waals surface area contributed by atoms with Crippen molar-refractivity contribution in [3.8, 4) is 5.69 Å². The van der Waals surface area contributed by atoms with Crippen LogP contribution in [0.4, 0.5) is 0 Å². The Bertz CT molecular complexity index is 897. The van der Waals surface area contributed by atoms with Crippen LogP contribution in [0.15, 0.2) is 60.7 Å². The van der Waals surface area contributed by atoms with Crippen LogP contribution < -0.4 is 0 Å². The van der Waals surface area contributed by atoms with E-state index in [1.165, 1.54) is 0 Å². The van der Waals surface area contributed by atoms with Crippen molar-refractivity contribution in [3.05, 3.63) is 77.9 Å². The Balaban J connectivity index is 1.66. The molecule has 0 unspecified atom stereocenters. The molecule has 0 aliphatic carbocycles. The lowest BCUT2D eigenvalue weighted by Crippen LogP contribution is -2.38. The number of carbonyl (C=O) groups is 1. The topological polar surface area (TPSA) is 51.0 Å². The zero-order valence-electron chi connectivity index (χ0n) is 15.6. The lowest BCUT2D eigenvalue weighted by atomic mass is 9.99. The van der Waals surface area contributed by atoms with Gasteiger partial charge >= 0.3 is 0 Å². The summed E-state index contributed by atoms with van der Waals surface area (Å²) in [6.07, 6.45) is 2.72. The summed E-state index contributed by atoms with van der Waals surface area (Å²) in [6, 6.07) is 20.0. The lowest BCUT2D eigenvalue weighted by molar-refractivity contribution is 0.0685. The monoisotopic (exact) mass is 360 g/mol. The number of para-hydroxylation sites is 1. The minimum atomic E-state index is -0.0640. The summed E-state index contributed by atoms with van der Waals surface area (Å²) < 4.78 is 1.80. The van der Waals surface area contributed by atoms with Gasteiger partial charge in [-0.2, -0.15) is 0 Å². The molecule has 2 heterocycles. The Labute approximate surface area is 159 Å². The van der Waals surface area contributed by atoms with E-state index in [0.717, 1.165) is 43.0 Å². The molecule has 138 valence electrons. The third-order valence-corrected chi connectivity index (χ3v) is 5.14. The number of nitrogens with zero attached hydrogens (tertiary/aromatic N) is 4. The average Bonchev–Trinajstić information content (AvgIpc) is 3.13. The molecule has 0 radical (unpaired) electrons. The molecule has 5 nitrogen and oxygen atoms in total. The van der Waals surface area contributed by atoms with Crippen LogP contribution in [0.1, 0.15) is 41.8 Å². The Morgan fingerprint density at radius 1 is 1.00 bits per heavy atom. The van der Waals surface area contributed by atoms with Crippen molar-refractivity contribution < 1.29 is 4.79 Å². The zero-order chi connectivity index (χ0) is 18.6. The van der Waals surface area contributed by atoms with Gasteiger partial charge in [0, 0.05) is 19.5 Å². The molecule has 0 bridgehead atoms. The van der Waals surface area contributed by atoms with Crippen LogP contribution in [-0.4, -0.2) is 38.7 Å². The van der Waals surface area contributed by atoms with Gasteiger partial charge in [0.25, 0.3) is 5.91 Å². The Morgan fingerprint density at radius 3 is 2.30 bits per heavy atom. The van der Waals surface area contributed by atoms with Crippen LogP contribution in [0.2, 0.25) is 0 Å². The van der Waals surface area contributed by atoms with E-state index < -0.39 is 0 Å². The lowest BCUT2D eigenvalue weighted by Gasteiger charge is -2.29. The number of amides is 1. The number of rotatable bonds is 4. The number of hydrogen-bond donors (Lipinski definition) is 0. The van der Waals surface area contributed by atoms with Crippen molar-refractivity contribution in [2.45, 2.75) is 26.2 Å². The molecule has 1 aliphatic rings. The van der Waals surface area contributed by atoms with Crippen LogP contribution in [0.25, 0.3) is 5.69 Å². The molecule has 1 saturated heterocycles. The van der Waals surface area contributed by atoms with Crippen molar-refractivity contribution in [3.63, 3.8) is 0 Å². The van der Waals surface area contributed by atoms with Crippen LogP contribution in [0, 0.1) is 5.92 Å². The minimum absolute atomic E-state index is 0.0640. The van der Waals surface area contributed by atoms with Crippen LogP contribution >= 0.6 is 0 Å². The molecule has 1 aliphatic heterocycles. The van der Waals surface area contributed by atoms with Crippen molar-refractivity contribution >= 4 is 5.91 Å². The van der Waals surface area contributed by atoms with E-state index in [9.17, 15) is 4.79 Å². The number of benzene rings is 2. The van der Waals surface area contributed by atoms with Gasteiger partial charge in [-0.05, 0) is 36.5 Å². The molecule has 5 heteroatoms. The van der Waals surface area contributed by atoms with Gasteiger partial charge in [0.15, 0.2) is 0 Å². The first-order valence-corrected chi connectivity index (χ1v) is 9.55. The molecule has 0 spiro atoms. The number of hydrogen-bond acceptors (Lipinski definition) is 3. The maximum Gasteiger partial charge on any atom is 0.293 e. The highest BCUT2D eigenvalue weighted by Crippen LogP contribution is 2.19. The van der Waals surface area contributed by atoms with Gasteiger partial charge in [0.1, 0.15) is 5.82 Å². The van der Waals surface area contributed by atoms with E-state index in [1.54, 1.807) is 4.68 Å². The fourth-order valence-electron chi connectivity index (χ4n) is 3.46. The third-order valence-electron chi connectivity index (χ3n) is 5.14. The molecule has 27 heavy (non-hydrogen) atoms. The molecule has 1 amide bonds. The summed E-state index contributed by atoms with van der Waals surface area (Å²) in [5.74, 6) is 1.68. The Morgan fingerprint density at radius 2 is 1.63 bits per heavy atom. The largest absolute Gasteiger partial charge is 0.336 e. The van der Waals surface area contributed by atoms with Gasteiger partial charge in [0.05, 0.1) is 5.69 Å². The molecular formula is C22H24N4O. The van der Waals surface area contributed by atoms with Crippen molar-refractivity contribution in [1.82, 2.24) is 19.7 Å². The van der Waals surface area contributed by atoms with Crippen molar-refractivity contribution in [2.24, 2.45) is 5.92 Å². The molecule has 0 saturated carbocycles. The first kappa shape index (κ1) is 17.5. The summed E-state index contributed by atoms with van der Waals surface area (Å²) in [6.45, 7) is 3.81. The SMILES string of the molecule is CC1CCN(C(=O)c2nc(Cc3ccccc3)n(-c3ccccc3)n2)CC1. The van der Waals surface area contributed by atoms with Gasteiger partial charge in [-0.1, -0.05) is 55.5 Å².